The summed E-state index contributed by atoms with van der Waals surface area (Å²) in [6, 6.07) is 23.2. The summed E-state index contributed by atoms with van der Waals surface area (Å²) in [5, 5.41) is 14.9. The van der Waals surface area contributed by atoms with E-state index < -0.39 is 49.9 Å². The molecule has 0 saturated carbocycles. The molecule has 1 N–H and O–H groups in total. The second kappa shape index (κ2) is 16.0. The number of rotatable bonds is 14. The highest BCUT2D eigenvalue weighted by Crippen LogP contribution is 2.36. The summed E-state index contributed by atoms with van der Waals surface area (Å²) in [5.41, 5.74) is 2.31. The molecule has 2 amide bonds. The van der Waals surface area contributed by atoms with Crippen molar-refractivity contribution >= 4 is 44.8 Å². The zero-order chi connectivity index (χ0) is 35.9. The van der Waals surface area contributed by atoms with E-state index in [-0.39, 0.29) is 41.0 Å². The Labute approximate surface area is 291 Å². The van der Waals surface area contributed by atoms with Crippen LogP contribution in [0.4, 0.5) is 11.4 Å². The number of sulfonamides is 1. The number of nitrogens with one attached hydrogen (secondary N) is 1. The molecule has 0 spiro atoms. The quantitative estimate of drug-likeness (QED) is 0.121. The Bertz CT molecular complexity index is 1920. The molecule has 4 aromatic carbocycles. The van der Waals surface area contributed by atoms with Crippen molar-refractivity contribution in [3.05, 3.63) is 128 Å². The molecule has 49 heavy (non-hydrogen) atoms. The zero-order valence-electron chi connectivity index (χ0n) is 27.9. The summed E-state index contributed by atoms with van der Waals surface area (Å²) in [7, 11) is -3.33. The lowest BCUT2D eigenvalue weighted by molar-refractivity contribution is -0.385. The van der Waals surface area contributed by atoms with Crippen LogP contribution in [0.25, 0.3) is 0 Å². The Morgan fingerprint density at radius 2 is 1.61 bits per heavy atom. The van der Waals surface area contributed by atoms with Crippen LogP contribution in [0.15, 0.2) is 95.9 Å². The van der Waals surface area contributed by atoms with Crippen molar-refractivity contribution in [3.8, 4) is 5.75 Å². The van der Waals surface area contributed by atoms with Crippen molar-refractivity contribution in [1.82, 2.24) is 10.2 Å². The summed E-state index contributed by atoms with van der Waals surface area (Å²) in [4.78, 5) is 40.6. The number of carbonyl (C=O) groups is 2. The minimum atomic E-state index is -4.66. The van der Waals surface area contributed by atoms with Gasteiger partial charge in [-0.25, -0.2) is 8.42 Å². The van der Waals surface area contributed by atoms with E-state index in [1.807, 2.05) is 75.4 Å². The number of ether oxygens (including phenoxy) is 1. The van der Waals surface area contributed by atoms with Crippen LogP contribution in [0.2, 0.25) is 5.02 Å². The molecule has 0 aromatic heterocycles. The van der Waals surface area contributed by atoms with Crippen molar-refractivity contribution in [3.63, 3.8) is 0 Å². The topological polar surface area (TPSA) is 139 Å². The molecule has 0 aliphatic rings. The maximum absolute atomic E-state index is 14.7. The van der Waals surface area contributed by atoms with Crippen molar-refractivity contribution < 1.29 is 27.7 Å². The van der Waals surface area contributed by atoms with Gasteiger partial charge in [0.15, 0.2) is 0 Å². The first-order valence-corrected chi connectivity index (χ1v) is 17.3. The second-order valence-corrected chi connectivity index (χ2v) is 14.2. The van der Waals surface area contributed by atoms with Crippen LogP contribution in [-0.4, -0.2) is 55.8 Å². The molecule has 11 nitrogen and oxygen atoms in total. The Balaban J connectivity index is 1.89. The molecule has 0 heterocycles. The third-order valence-corrected chi connectivity index (χ3v) is 9.82. The summed E-state index contributed by atoms with van der Waals surface area (Å²) in [6.45, 7) is 6.24. The van der Waals surface area contributed by atoms with Crippen molar-refractivity contribution in [2.75, 3.05) is 18.0 Å². The number of benzene rings is 4. The van der Waals surface area contributed by atoms with Gasteiger partial charge in [0.05, 0.1) is 22.6 Å². The standard InChI is InChI=1S/C36H39ClN4O7S/c1-24(2)38-36(43)33(19-27-9-7-6-8-10-27)39(22-28-14-11-25(3)12-15-28)35(42)23-40(32-20-29(37)16-18-34(32)48-5)49(46,47)30-17-13-26(4)31(21-30)41(44)45/h6-18,20-21,24,33H,19,22-23H2,1-5H3,(H,38,43)/t33-/m0/s1. The van der Waals surface area contributed by atoms with Crippen LogP contribution >= 0.6 is 11.6 Å². The highest BCUT2D eigenvalue weighted by atomic mass is 35.5. The number of nitro benzene ring substituents is 1. The number of halogens is 1. The molecule has 0 fully saturated rings. The number of anilines is 1. The van der Waals surface area contributed by atoms with Crippen LogP contribution in [0.3, 0.4) is 0 Å². The fourth-order valence-corrected chi connectivity index (χ4v) is 6.87. The van der Waals surface area contributed by atoms with Crippen LogP contribution in [0, 0.1) is 24.0 Å². The lowest BCUT2D eigenvalue weighted by Gasteiger charge is -2.34. The Kier molecular flexibility index (Phi) is 12.0. The van der Waals surface area contributed by atoms with Gasteiger partial charge in [0.25, 0.3) is 15.7 Å². The highest BCUT2D eigenvalue weighted by Gasteiger charge is 2.36. The van der Waals surface area contributed by atoms with E-state index in [0.29, 0.717) is 0 Å². The van der Waals surface area contributed by atoms with Crippen molar-refractivity contribution in [2.24, 2.45) is 0 Å². The fourth-order valence-electron chi connectivity index (χ4n) is 5.27. The first kappa shape index (κ1) is 36.9. The third-order valence-electron chi connectivity index (χ3n) is 7.83. The minimum Gasteiger partial charge on any atom is -0.495 e. The summed E-state index contributed by atoms with van der Waals surface area (Å²) >= 11 is 6.34. The van der Waals surface area contributed by atoms with Crippen LogP contribution < -0.4 is 14.4 Å². The fraction of sp³-hybridized carbons (Fsp3) is 0.278. The first-order valence-electron chi connectivity index (χ1n) is 15.5. The second-order valence-electron chi connectivity index (χ2n) is 11.9. The summed E-state index contributed by atoms with van der Waals surface area (Å²) < 4.78 is 35.2. The molecular weight excluding hydrogens is 668 g/mol. The van der Waals surface area contributed by atoms with Gasteiger partial charge in [-0.15, -0.1) is 0 Å². The lowest BCUT2D eigenvalue weighted by Crippen LogP contribution is -2.54. The van der Waals surface area contributed by atoms with Crippen molar-refractivity contribution in [2.45, 2.75) is 57.6 Å². The molecule has 1 atom stereocenters. The number of aryl methyl sites for hydroxylation is 2. The van der Waals surface area contributed by atoms with Gasteiger partial charge >= 0.3 is 0 Å². The van der Waals surface area contributed by atoms with Crippen molar-refractivity contribution in [1.29, 1.82) is 0 Å². The monoisotopic (exact) mass is 706 g/mol. The van der Waals surface area contributed by atoms with Gasteiger partial charge in [0, 0.05) is 35.7 Å². The smallest absolute Gasteiger partial charge is 0.273 e. The Morgan fingerprint density at radius 3 is 2.22 bits per heavy atom. The SMILES string of the molecule is COc1ccc(Cl)cc1N(CC(=O)N(Cc1ccc(C)cc1)[C@@H](Cc1ccccc1)C(=O)NC(C)C)S(=O)(=O)c1ccc(C)c([N+](=O)[O-])c1. The number of nitro groups is 1. The van der Waals surface area contributed by atoms with E-state index >= 15 is 0 Å². The molecule has 0 aliphatic carbocycles. The maximum atomic E-state index is 14.7. The number of nitrogens with zero attached hydrogens (tertiary/aromatic N) is 3. The molecule has 4 aromatic rings. The predicted molar refractivity (Wildman–Crippen MR) is 189 cm³/mol. The normalized spacial score (nSPS) is 11.9. The molecule has 0 bridgehead atoms. The van der Waals surface area contributed by atoms with E-state index in [1.54, 1.807) is 0 Å². The molecule has 0 radical (unpaired) electrons. The van der Waals surface area contributed by atoms with E-state index in [9.17, 15) is 28.1 Å². The Morgan fingerprint density at radius 1 is 0.939 bits per heavy atom. The summed E-state index contributed by atoms with van der Waals surface area (Å²) in [5.74, 6) is -1.03. The van der Waals surface area contributed by atoms with Crippen LogP contribution in [0.1, 0.15) is 36.1 Å². The molecule has 4 rings (SSSR count). The van der Waals surface area contributed by atoms with E-state index in [0.717, 1.165) is 27.1 Å². The van der Waals surface area contributed by atoms with E-state index in [2.05, 4.69) is 5.32 Å². The molecule has 258 valence electrons. The predicted octanol–water partition coefficient (Wildman–Crippen LogP) is 6.23. The first-order chi connectivity index (χ1) is 23.2. The molecule has 0 aliphatic heterocycles. The van der Waals surface area contributed by atoms with Gasteiger partial charge in [-0.05, 0) is 63.1 Å². The number of methoxy groups -OCH3 is 1. The number of amides is 2. The molecule has 0 unspecified atom stereocenters. The van der Waals surface area contributed by atoms with Crippen LogP contribution in [0.5, 0.6) is 5.75 Å². The molecule has 13 heteroatoms. The third kappa shape index (κ3) is 9.15. The van der Waals surface area contributed by atoms with E-state index in [1.165, 1.54) is 49.3 Å². The number of hydrogen-bond acceptors (Lipinski definition) is 7. The number of carbonyl (C=O) groups excluding carboxylic acids is 2. The van der Waals surface area contributed by atoms with Gasteiger partial charge in [0.2, 0.25) is 11.8 Å². The van der Waals surface area contributed by atoms with Gasteiger partial charge in [-0.1, -0.05) is 77.8 Å². The molecule has 0 saturated heterocycles. The van der Waals surface area contributed by atoms with Gasteiger partial charge in [-0.3, -0.25) is 24.0 Å². The largest absolute Gasteiger partial charge is 0.495 e. The maximum Gasteiger partial charge on any atom is 0.273 e. The average Bonchev–Trinajstić information content (AvgIpc) is 3.06. The van der Waals surface area contributed by atoms with Gasteiger partial charge in [0.1, 0.15) is 18.3 Å². The lowest BCUT2D eigenvalue weighted by atomic mass is 10.0. The van der Waals surface area contributed by atoms with Gasteiger partial charge < -0.3 is 15.0 Å². The summed E-state index contributed by atoms with van der Waals surface area (Å²) in [6.07, 6.45) is 0.147. The Hall–Kier alpha value is -4.94. The number of hydrogen-bond donors (Lipinski definition) is 1. The average molecular weight is 707 g/mol. The minimum absolute atomic E-state index is 0.0152. The van der Waals surface area contributed by atoms with Gasteiger partial charge in [-0.2, -0.15) is 0 Å². The van der Waals surface area contributed by atoms with Crippen LogP contribution in [-0.2, 0) is 32.6 Å². The molecular formula is C36H39ClN4O7S. The zero-order valence-corrected chi connectivity index (χ0v) is 29.5. The van der Waals surface area contributed by atoms with E-state index in [4.69, 9.17) is 16.3 Å². The highest BCUT2D eigenvalue weighted by molar-refractivity contribution is 7.92.